The molecule has 0 radical (unpaired) electrons. The molecule has 2 fully saturated rings. The number of benzene rings is 1. The van der Waals surface area contributed by atoms with Crippen LogP contribution >= 0.6 is 0 Å². The van der Waals surface area contributed by atoms with E-state index in [9.17, 15) is 9.59 Å². The third-order valence-corrected chi connectivity index (χ3v) is 6.96. The minimum absolute atomic E-state index is 0.0725. The first-order valence-corrected chi connectivity index (χ1v) is 11.0. The third kappa shape index (κ3) is 4.10. The van der Waals surface area contributed by atoms with Crippen LogP contribution < -0.4 is 5.32 Å². The summed E-state index contributed by atoms with van der Waals surface area (Å²) in [5, 5.41) is 3.97. The average molecular weight is 412 g/mol. The molecular weight excluding hydrogens is 378 g/mol. The molecule has 1 unspecified atom stereocenters. The molecule has 6 nitrogen and oxygen atoms in total. The van der Waals surface area contributed by atoms with Crippen molar-refractivity contribution in [1.29, 1.82) is 0 Å². The van der Waals surface area contributed by atoms with Gasteiger partial charge in [0.1, 0.15) is 11.8 Å². The summed E-state index contributed by atoms with van der Waals surface area (Å²) in [5.41, 5.74) is 1.18. The minimum atomic E-state index is -0.157. The number of amides is 2. The molecule has 4 rings (SSSR count). The summed E-state index contributed by atoms with van der Waals surface area (Å²) in [6, 6.07) is 8.49. The van der Waals surface area contributed by atoms with Crippen molar-refractivity contribution >= 4 is 22.8 Å². The number of fused-ring (bicyclic) bond motifs is 3. The zero-order valence-corrected chi connectivity index (χ0v) is 18.5. The van der Waals surface area contributed by atoms with Crippen LogP contribution in [0.15, 0.2) is 34.9 Å². The van der Waals surface area contributed by atoms with Gasteiger partial charge in [-0.2, -0.15) is 0 Å². The highest BCUT2D eigenvalue weighted by Gasteiger charge is 2.42. The Balaban J connectivity index is 1.32. The van der Waals surface area contributed by atoms with Crippen LogP contribution in [-0.2, 0) is 4.79 Å². The molecule has 0 saturated carbocycles. The minimum Gasteiger partial charge on any atom is -0.463 e. The fourth-order valence-electron chi connectivity index (χ4n) is 4.93. The number of likely N-dealkylation sites (N-methyl/N-ethyl adjacent to an activating group) is 1. The molecule has 1 N–H and O–H groups in total. The Morgan fingerprint density at radius 2 is 1.83 bits per heavy atom. The number of hydrogen-bond donors (Lipinski definition) is 1. The van der Waals surface area contributed by atoms with Gasteiger partial charge in [-0.1, -0.05) is 18.2 Å². The lowest BCUT2D eigenvalue weighted by Gasteiger charge is -2.40. The predicted molar refractivity (Wildman–Crippen MR) is 117 cm³/mol. The number of piperidine rings is 1. The summed E-state index contributed by atoms with van der Waals surface area (Å²) in [6.45, 7) is 7.38. The number of furan rings is 1. The molecule has 1 aromatic carbocycles. The molecule has 162 valence electrons. The van der Waals surface area contributed by atoms with Crippen molar-refractivity contribution in [3.8, 4) is 0 Å². The van der Waals surface area contributed by atoms with Gasteiger partial charge in [0.05, 0.1) is 12.1 Å². The lowest BCUT2D eigenvalue weighted by atomic mass is 9.90. The molecule has 2 bridgehead atoms. The van der Waals surface area contributed by atoms with Crippen molar-refractivity contribution in [1.82, 2.24) is 15.1 Å². The van der Waals surface area contributed by atoms with Crippen molar-refractivity contribution in [2.45, 2.75) is 64.1 Å². The Morgan fingerprint density at radius 3 is 2.50 bits per heavy atom. The van der Waals surface area contributed by atoms with Gasteiger partial charge in [-0.25, -0.2) is 0 Å². The molecule has 1 aromatic heterocycles. The van der Waals surface area contributed by atoms with Gasteiger partial charge >= 0.3 is 0 Å². The van der Waals surface area contributed by atoms with Crippen LogP contribution in [0.3, 0.4) is 0 Å². The van der Waals surface area contributed by atoms with E-state index < -0.39 is 0 Å². The van der Waals surface area contributed by atoms with Crippen molar-refractivity contribution in [3.05, 3.63) is 36.1 Å². The van der Waals surface area contributed by atoms with Crippen LogP contribution in [0.4, 0.5) is 0 Å². The number of nitrogens with one attached hydrogen (secondary N) is 1. The summed E-state index contributed by atoms with van der Waals surface area (Å²) >= 11 is 0. The van der Waals surface area contributed by atoms with Crippen LogP contribution in [0.25, 0.3) is 11.0 Å². The van der Waals surface area contributed by atoms with Gasteiger partial charge in [0, 0.05) is 36.6 Å². The van der Waals surface area contributed by atoms with Crippen LogP contribution in [0.1, 0.15) is 56.8 Å². The molecule has 0 spiro atoms. The van der Waals surface area contributed by atoms with Gasteiger partial charge < -0.3 is 14.6 Å². The molecule has 2 saturated heterocycles. The summed E-state index contributed by atoms with van der Waals surface area (Å²) in [4.78, 5) is 29.7. The highest BCUT2D eigenvalue weighted by atomic mass is 16.3. The smallest absolute Gasteiger partial charge is 0.255 e. The van der Waals surface area contributed by atoms with Crippen molar-refractivity contribution in [2.75, 3.05) is 20.1 Å². The second-order valence-electron chi connectivity index (χ2n) is 9.87. The Morgan fingerprint density at radius 1 is 1.17 bits per heavy atom. The van der Waals surface area contributed by atoms with E-state index in [1.807, 2.05) is 36.2 Å². The highest BCUT2D eigenvalue weighted by molar-refractivity contribution is 6.05. The SMILES string of the molecule is CN(C(=O)CN1[C@@H]2CC[C@H]1CC(CNC(=O)c1coc3ccccc13)C2)C(C)(C)C. The van der Waals surface area contributed by atoms with Gasteiger partial charge in [-0.15, -0.1) is 0 Å². The Hall–Kier alpha value is -2.34. The fourth-order valence-corrected chi connectivity index (χ4v) is 4.93. The van der Waals surface area contributed by atoms with Gasteiger partial charge in [0.15, 0.2) is 0 Å². The van der Waals surface area contributed by atoms with E-state index in [2.05, 4.69) is 31.0 Å². The summed E-state index contributed by atoms with van der Waals surface area (Å²) in [7, 11) is 1.89. The van der Waals surface area contributed by atoms with Crippen LogP contribution in [-0.4, -0.2) is 59.4 Å². The zero-order chi connectivity index (χ0) is 21.5. The van der Waals surface area contributed by atoms with E-state index in [0.717, 1.165) is 36.7 Å². The van der Waals surface area contributed by atoms with E-state index in [1.54, 1.807) is 6.26 Å². The normalized spacial score (nSPS) is 24.2. The highest BCUT2D eigenvalue weighted by Crippen LogP contribution is 2.38. The van der Waals surface area contributed by atoms with Crippen LogP contribution in [0.5, 0.6) is 0 Å². The average Bonchev–Trinajstić information content (AvgIpc) is 3.22. The largest absolute Gasteiger partial charge is 0.463 e. The van der Waals surface area contributed by atoms with Crippen molar-refractivity contribution in [2.24, 2.45) is 5.92 Å². The monoisotopic (exact) mass is 411 g/mol. The quantitative estimate of drug-likeness (QED) is 0.815. The molecular formula is C24H33N3O3. The number of rotatable bonds is 5. The maximum Gasteiger partial charge on any atom is 0.255 e. The summed E-state index contributed by atoms with van der Waals surface area (Å²) in [6.07, 6.45) is 5.91. The molecule has 2 aromatic rings. The number of carbonyl (C=O) groups is 2. The molecule has 6 heteroatoms. The first-order chi connectivity index (χ1) is 14.2. The molecule has 2 aliphatic rings. The molecule has 0 aliphatic carbocycles. The van der Waals surface area contributed by atoms with Gasteiger partial charge in [-0.05, 0) is 58.4 Å². The second-order valence-corrected chi connectivity index (χ2v) is 9.87. The third-order valence-electron chi connectivity index (χ3n) is 6.96. The Bertz CT molecular complexity index is 915. The lowest BCUT2D eigenvalue weighted by Crippen LogP contribution is -2.52. The van der Waals surface area contributed by atoms with Crippen molar-refractivity contribution in [3.63, 3.8) is 0 Å². The van der Waals surface area contributed by atoms with Gasteiger partial charge in [0.25, 0.3) is 5.91 Å². The molecule has 30 heavy (non-hydrogen) atoms. The summed E-state index contributed by atoms with van der Waals surface area (Å²) in [5.74, 6) is 0.575. The predicted octanol–water partition coefficient (Wildman–Crippen LogP) is 3.66. The number of carbonyl (C=O) groups excluding carboxylic acids is 2. The number of nitrogens with zero attached hydrogens (tertiary/aromatic N) is 2. The van der Waals surface area contributed by atoms with E-state index >= 15 is 0 Å². The standard InChI is InChI=1S/C24H33N3O3/c1-24(2,3)26(4)22(28)14-27-17-9-10-18(27)12-16(11-17)13-25-23(29)20-15-30-21-8-6-5-7-19(20)21/h5-8,15-18H,9-14H2,1-4H3,(H,25,29)/t16?,17-,18+. The van der Waals surface area contributed by atoms with E-state index in [0.29, 0.717) is 36.7 Å². The van der Waals surface area contributed by atoms with Gasteiger partial charge in [-0.3, -0.25) is 14.5 Å². The zero-order valence-electron chi connectivity index (χ0n) is 18.5. The van der Waals surface area contributed by atoms with Crippen LogP contribution in [0.2, 0.25) is 0 Å². The Labute approximate surface area is 178 Å². The first-order valence-electron chi connectivity index (χ1n) is 11.0. The van der Waals surface area contributed by atoms with Gasteiger partial charge in [0.2, 0.25) is 5.91 Å². The molecule has 3 atom stereocenters. The Kier molecular flexibility index (Phi) is 5.62. The maximum absolute atomic E-state index is 12.7. The topological polar surface area (TPSA) is 65.8 Å². The lowest BCUT2D eigenvalue weighted by molar-refractivity contribution is -0.136. The maximum atomic E-state index is 12.7. The van der Waals surface area contributed by atoms with Crippen molar-refractivity contribution < 1.29 is 14.0 Å². The second kappa shape index (κ2) is 8.06. The fraction of sp³-hybridized carbons (Fsp3) is 0.583. The first kappa shape index (κ1) is 20.9. The molecule has 3 heterocycles. The van der Waals surface area contributed by atoms with E-state index in [4.69, 9.17) is 4.42 Å². The number of para-hydroxylation sites is 1. The summed E-state index contributed by atoms with van der Waals surface area (Å²) < 4.78 is 5.50. The van der Waals surface area contributed by atoms with E-state index in [-0.39, 0.29) is 17.4 Å². The molecule has 2 aliphatic heterocycles. The molecule has 2 amide bonds. The number of hydrogen-bond acceptors (Lipinski definition) is 4. The van der Waals surface area contributed by atoms with E-state index in [1.165, 1.54) is 0 Å². The van der Waals surface area contributed by atoms with Crippen LogP contribution in [0, 0.1) is 5.92 Å².